The lowest BCUT2D eigenvalue weighted by Crippen LogP contribution is -1.85. The molecular formula is C8H8IN3. The summed E-state index contributed by atoms with van der Waals surface area (Å²) in [6, 6.07) is 2.06. The van der Waals surface area contributed by atoms with Crippen LogP contribution in [0, 0.1) is 17.4 Å². The number of pyridine rings is 1. The molecule has 2 rings (SSSR count). The minimum atomic E-state index is 0.886. The van der Waals surface area contributed by atoms with Crippen LogP contribution < -0.4 is 0 Å². The molecule has 0 spiro atoms. The van der Waals surface area contributed by atoms with Crippen molar-refractivity contribution in [1.29, 1.82) is 0 Å². The summed E-state index contributed by atoms with van der Waals surface area (Å²) >= 11 is 2.31. The van der Waals surface area contributed by atoms with Gasteiger partial charge in [0.1, 0.15) is 0 Å². The maximum Gasteiger partial charge on any atom is 0.156 e. The summed E-state index contributed by atoms with van der Waals surface area (Å²) in [5.41, 5.74) is 2.93. The van der Waals surface area contributed by atoms with Gasteiger partial charge in [0.2, 0.25) is 0 Å². The lowest BCUT2D eigenvalue weighted by Gasteiger charge is -1.95. The van der Waals surface area contributed by atoms with Crippen LogP contribution in [0.15, 0.2) is 6.07 Å². The Hall–Kier alpha value is -0.650. The first-order chi connectivity index (χ1) is 5.68. The number of hydrogen-bond acceptors (Lipinski definition) is 2. The molecular weight excluding hydrogens is 265 g/mol. The molecule has 2 heterocycles. The van der Waals surface area contributed by atoms with Crippen molar-refractivity contribution in [3.8, 4) is 0 Å². The number of fused-ring (bicyclic) bond motifs is 1. The second-order valence-corrected chi connectivity index (χ2v) is 3.94. The normalized spacial score (nSPS) is 10.9. The van der Waals surface area contributed by atoms with E-state index in [1.165, 1.54) is 3.57 Å². The molecule has 0 aliphatic carbocycles. The van der Waals surface area contributed by atoms with E-state index >= 15 is 0 Å². The highest BCUT2D eigenvalue weighted by molar-refractivity contribution is 14.1. The molecule has 0 saturated carbocycles. The Kier molecular flexibility index (Phi) is 1.79. The van der Waals surface area contributed by atoms with Crippen LogP contribution in [-0.4, -0.2) is 15.2 Å². The van der Waals surface area contributed by atoms with E-state index in [9.17, 15) is 0 Å². The molecule has 0 fully saturated rings. The number of hydrogen-bond donors (Lipinski definition) is 1. The fraction of sp³-hybridized carbons (Fsp3) is 0.250. The van der Waals surface area contributed by atoms with Crippen molar-refractivity contribution in [2.24, 2.45) is 0 Å². The maximum absolute atomic E-state index is 4.33. The summed E-state index contributed by atoms with van der Waals surface area (Å²) in [5, 5.41) is 8.15. The quantitative estimate of drug-likeness (QED) is 0.747. The standard InChI is InChI=1S/C8H8IN3/c1-4-3-6(9)7-5(2)11-12-8(7)10-4/h3H,1-2H3,(H,10,11,12). The van der Waals surface area contributed by atoms with Crippen LogP contribution >= 0.6 is 22.6 Å². The van der Waals surface area contributed by atoms with Gasteiger partial charge in [0.25, 0.3) is 0 Å². The van der Waals surface area contributed by atoms with Gasteiger partial charge in [0.05, 0.1) is 11.1 Å². The van der Waals surface area contributed by atoms with Crippen molar-refractivity contribution in [3.63, 3.8) is 0 Å². The molecule has 0 aliphatic heterocycles. The fourth-order valence-electron chi connectivity index (χ4n) is 1.25. The summed E-state index contributed by atoms with van der Waals surface area (Å²) in [4.78, 5) is 4.33. The first-order valence-electron chi connectivity index (χ1n) is 3.66. The Morgan fingerprint density at radius 3 is 2.92 bits per heavy atom. The molecule has 1 N–H and O–H groups in total. The van der Waals surface area contributed by atoms with Crippen LogP contribution in [-0.2, 0) is 0 Å². The molecule has 4 heteroatoms. The Morgan fingerprint density at radius 1 is 1.42 bits per heavy atom. The zero-order valence-corrected chi connectivity index (χ0v) is 9.01. The van der Waals surface area contributed by atoms with Gasteiger partial charge in [-0.3, -0.25) is 5.10 Å². The summed E-state index contributed by atoms with van der Waals surface area (Å²) in [6.07, 6.45) is 0. The zero-order chi connectivity index (χ0) is 8.72. The van der Waals surface area contributed by atoms with Gasteiger partial charge in [-0.25, -0.2) is 4.98 Å². The van der Waals surface area contributed by atoms with Gasteiger partial charge in [-0.1, -0.05) is 0 Å². The van der Waals surface area contributed by atoms with E-state index < -0.39 is 0 Å². The highest BCUT2D eigenvalue weighted by Crippen LogP contribution is 2.20. The molecule has 62 valence electrons. The summed E-state index contributed by atoms with van der Waals surface area (Å²) in [5.74, 6) is 0. The number of aryl methyl sites for hydroxylation is 2. The molecule has 0 aromatic carbocycles. The van der Waals surface area contributed by atoms with Crippen LogP contribution in [0.2, 0.25) is 0 Å². The number of aromatic nitrogens is 3. The highest BCUT2D eigenvalue weighted by atomic mass is 127. The number of nitrogens with zero attached hydrogens (tertiary/aromatic N) is 2. The van der Waals surface area contributed by atoms with Gasteiger partial charge in [0, 0.05) is 9.26 Å². The molecule has 3 nitrogen and oxygen atoms in total. The minimum absolute atomic E-state index is 0.886. The fourth-order valence-corrected chi connectivity index (χ4v) is 2.35. The van der Waals surface area contributed by atoms with E-state index in [0.29, 0.717) is 0 Å². The van der Waals surface area contributed by atoms with Crippen LogP contribution in [0.1, 0.15) is 11.4 Å². The Labute approximate surface area is 83.7 Å². The van der Waals surface area contributed by atoms with Crippen molar-refractivity contribution in [2.75, 3.05) is 0 Å². The van der Waals surface area contributed by atoms with Gasteiger partial charge in [-0.2, -0.15) is 5.10 Å². The van der Waals surface area contributed by atoms with E-state index in [2.05, 4.69) is 43.8 Å². The molecule has 0 aliphatic rings. The predicted molar refractivity (Wildman–Crippen MR) is 56.1 cm³/mol. The van der Waals surface area contributed by atoms with Crippen LogP contribution in [0.4, 0.5) is 0 Å². The van der Waals surface area contributed by atoms with E-state index in [0.717, 1.165) is 22.4 Å². The highest BCUT2D eigenvalue weighted by Gasteiger charge is 2.06. The number of halogens is 1. The van der Waals surface area contributed by atoms with Crippen LogP contribution in [0.3, 0.4) is 0 Å². The summed E-state index contributed by atoms with van der Waals surface area (Å²) in [6.45, 7) is 3.97. The molecule has 2 aromatic heterocycles. The van der Waals surface area contributed by atoms with Crippen LogP contribution in [0.5, 0.6) is 0 Å². The third-order valence-electron chi connectivity index (χ3n) is 1.79. The Morgan fingerprint density at radius 2 is 2.17 bits per heavy atom. The van der Waals surface area contributed by atoms with E-state index in [-0.39, 0.29) is 0 Å². The molecule has 0 amide bonds. The number of nitrogens with one attached hydrogen (secondary N) is 1. The Bertz CT molecular complexity index is 433. The SMILES string of the molecule is Cc1cc(I)c2c(C)n[nH]c2n1. The van der Waals surface area contributed by atoms with Gasteiger partial charge in [-0.05, 0) is 42.5 Å². The first kappa shape index (κ1) is 7.97. The average molecular weight is 273 g/mol. The van der Waals surface area contributed by atoms with Gasteiger partial charge < -0.3 is 0 Å². The molecule has 0 radical (unpaired) electrons. The minimum Gasteiger partial charge on any atom is -0.261 e. The second kappa shape index (κ2) is 2.69. The Balaban J connectivity index is 2.93. The lowest BCUT2D eigenvalue weighted by atomic mass is 10.2. The second-order valence-electron chi connectivity index (χ2n) is 2.78. The van der Waals surface area contributed by atoms with Crippen molar-refractivity contribution in [1.82, 2.24) is 15.2 Å². The maximum atomic E-state index is 4.33. The molecule has 0 saturated heterocycles. The van der Waals surface area contributed by atoms with Crippen molar-refractivity contribution in [2.45, 2.75) is 13.8 Å². The summed E-state index contributed by atoms with van der Waals surface area (Å²) in [7, 11) is 0. The van der Waals surface area contributed by atoms with E-state index in [1.54, 1.807) is 0 Å². The lowest BCUT2D eigenvalue weighted by molar-refractivity contribution is 1.05. The summed E-state index contributed by atoms with van der Waals surface area (Å²) < 4.78 is 1.21. The zero-order valence-electron chi connectivity index (χ0n) is 6.85. The molecule has 0 bridgehead atoms. The van der Waals surface area contributed by atoms with Crippen molar-refractivity contribution >= 4 is 33.6 Å². The molecule has 0 atom stereocenters. The van der Waals surface area contributed by atoms with Crippen molar-refractivity contribution < 1.29 is 0 Å². The molecule has 12 heavy (non-hydrogen) atoms. The predicted octanol–water partition coefficient (Wildman–Crippen LogP) is 2.18. The van der Waals surface area contributed by atoms with E-state index in [1.807, 2.05) is 13.8 Å². The van der Waals surface area contributed by atoms with Gasteiger partial charge >= 0.3 is 0 Å². The van der Waals surface area contributed by atoms with Crippen LogP contribution in [0.25, 0.3) is 11.0 Å². The van der Waals surface area contributed by atoms with Crippen molar-refractivity contribution in [3.05, 3.63) is 21.0 Å². The molecule has 0 unspecified atom stereocenters. The smallest absolute Gasteiger partial charge is 0.156 e. The third-order valence-corrected chi connectivity index (χ3v) is 2.64. The largest absolute Gasteiger partial charge is 0.261 e. The van der Waals surface area contributed by atoms with Gasteiger partial charge in [-0.15, -0.1) is 0 Å². The topological polar surface area (TPSA) is 41.6 Å². The van der Waals surface area contributed by atoms with Gasteiger partial charge in [0.15, 0.2) is 5.65 Å². The van der Waals surface area contributed by atoms with E-state index in [4.69, 9.17) is 0 Å². The monoisotopic (exact) mass is 273 g/mol. The molecule has 2 aromatic rings. The number of aromatic amines is 1. The first-order valence-corrected chi connectivity index (χ1v) is 4.74. The third kappa shape index (κ3) is 1.10. The number of rotatable bonds is 0. The average Bonchev–Trinajstić information content (AvgIpc) is 2.31. The number of H-pyrrole nitrogens is 1.